The molecule has 0 atom stereocenters. The van der Waals surface area contributed by atoms with Crippen LogP contribution in [-0.2, 0) is 13.0 Å². The number of anilines is 1. The summed E-state index contributed by atoms with van der Waals surface area (Å²) in [6, 6.07) is 10.1. The van der Waals surface area contributed by atoms with Gasteiger partial charge in [0.2, 0.25) is 0 Å². The second kappa shape index (κ2) is 5.79. The van der Waals surface area contributed by atoms with Gasteiger partial charge < -0.3 is 9.64 Å². The van der Waals surface area contributed by atoms with Gasteiger partial charge >= 0.3 is 0 Å². The molecule has 2 heterocycles. The van der Waals surface area contributed by atoms with Crippen molar-refractivity contribution in [1.29, 1.82) is 0 Å². The molecule has 0 bridgehead atoms. The number of aryl methyl sites for hydroxylation is 1. The van der Waals surface area contributed by atoms with E-state index in [1.54, 1.807) is 0 Å². The van der Waals surface area contributed by atoms with E-state index in [2.05, 4.69) is 43.8 Å². The topological polar surface area (TPSA) is 38.2 Å². The van der Waals surface area contributed by atoms with E-state index < -0.39 is 0 Å². The van der Waals surface area contributed by atoms with Crippen LogP contribution in [0.2, 0.25) is 0 Å². The maximum absolute atomic E-state index is 5.79. The lowest BCUT2D eigenvalue weighted by Crippen LogP contribution is -2.26. The van der Waals surface area contributed by atoms with Crippen molar-refractivity contribution in [2.75, 3.05) is 18.1 Å². The number of hydrogen-bond acceptors (Lipinski definition) is 4. The smallest absolute Gasteiger partial charge is 0.133 e. The van der Waals surface area contributed by atoms with Crippen molar-refractivity contribution in [2.24, 2.45) is 0 Å². The largest absolute Gasteiger partial charge is 0.491 e. The predicted octanol–water partition coefficient (Wildman–Crippen LogP) is 3.20. The van der Waals surface area contributed by atoms with Crippen molar-refractivity contribution >= 4 is 21.7 Å². The Balaban J connectivity index is 1.93. The molecule has 0 saturated carbocycles. The minimum absolute atomic E-state index is 0.667. The van der Waals surface area contributed by atoms with Gasteiger partial charge in [0, 0.05) is 24.6 Å². The summed E-state index contributed by atoms with van der Waals surface area (Å²) in [6.07, 6.45) is 0.827. The van der Waals surface area contributed by atoms with Gasteiger partial charge in [0.25, 0.3) is 0 Å². The number of nitrogens with zero attached hydrogens (tertiary/aromatic N) is 3. The molecular formula is C15H16BrN3O. The molecule has 0 spiro atoms. The van der Waals surface area contributed by atoms with Crippen LogP contribution in [0.1, 0.15) is 18.3 Å². The zero-order chi connectivity index (χ0) is 13.9. The fourth-order valence-corrected chi connectivity index (χ4v) is 2.70. The zero-order valence-electron chi connectivity index (χ0n) is 11.3. The Kier molecular flexibility index (Phi) is 3.87. The van der Waals surface area contributed by atoms with Crippen molar-refractivity contribution in [3.63, 3.8) is 0 Å². The predicted molar refractivity (Wildman–Crippen MR) is 82.1 cm³/mol. The lowest BCUT2D eigenvalue weighted by atomic mass is 10.2. The number of ether oxygens (including phenoxy) is 1. The average molecular weight is 334 g/mol. The number of fused-ring (bicyclic) bond motifs is 1. The zero-order valence-corrected chi connectivity index (χ0v) is 12.9. The van der Waals surface area contributed by atoms with E-state index in [9.17, 15) is 0 Å². The molecule has 0 N–H and O–H groups in total. The Morgan fingerprint density at radius 1 is 1.30 bits per heavy atom. The number of benzene rings is 1. The molecule has 20 heavy (non-hydrogen) atoms. The fourth-order valence-electron chi connectivity index (χ4n) is 2.29. The van der Waals surface area contributed by atoms with Gasteiger partial charge in [-0.05, 0) is 22.0 Å². The highest BCUT2D eigenvalue weighted by Gasteiger charge is 2.17. The van der Waals surface area contributed by atoms with Gasteiger partial charge in [-0.2, -0.15) is 0 Å². The normalized spacial score (nSPS) is 14.4. The number of hydrogen-bond donors (Lipinski definition) is 0. The summed E-state index contributed by atoms with van der Waals surface area (Å²) in [5.41, 5.74) is 1.19. The molecule has 0 saturated heterocycles. The summed E-state index contributed by atoms with van der Waals surface area (Å²) in [6.45, 7) is 4.36. The maximum atomic E-state index is 5.79. The second-order valence-electron chi connectivity index (χ2n) is 4.70. The van der Waals surface area contributed by atoms with Crippen LogP contribution in [0.15, 0.2) is 34.9 Å². The Hall–Kier alpha value is -1.62. The third kappa shape index (κ3) is 2.77. The van der Waals surface area contributed by atoms with E-state index in [1.807, 2.05) is 24.3 Å². The van der Waals surface area contributed by atoms with Crippen molar-refractivity contribution < 1.29 is 4.74 Å². The molecular weight excluding hydrogens is 318 g/mol. The van der Waals surface area contributed by atoms with Crippen molar-refractivity contribution in [1.82, 2.24) is 9.97 Å². The molecule has 0 unspecified atom stereocenters. The minimum atomic E-state index is 0.667. The lowest BCUT2D eigenvalue weighted by molar-refractivity contribution is 0.331. The Bertz CT molecular complexity index is 618. The van der Waals surface area contributed by atoms with Gasteiger partial charge in [0.05, 0.1) is 6.54 Å². The van der Waals surface area contributed by atoms with Gasteiger partial charge in [0.1, 0.15) is 28.6 Å². The highest BCUT2D eigenvalue weighted by atomic mass is 79.9. The molecule has 1 aromatic carbocycles. The Labute approximate surface area is 126 Å². The van der Waals surface area contributed by atoms with E-state index in [0.29, 0.717) is 6.61 Å². The van der Waals surface area contributed by atoms with Crippen LogP contribution in [0.5, 0.6) is 5.75 Å². The number of rotatable bonds is 2. The summed E-state index contributed by atoms with van der Waals surface area (Å²) in [5, 5.41) is 0. The van der Waals surface area contributed by atoms with Crippen LogP contribution in [0.25, 0.3) is 0 Å². The van der Waals surface area contributed by atoms with Gasteiger partial charge in [-0.3, -0.25) is 0 Å². The van der Waals surface area contributed by atoms with Gasteiger partial charge in [0.15, 0.2) is 0 Å². The Morgan fingerprint density at radius 3 is 3.00 bits per heavy atom. The van der Waals surface area contributed by atoms with E-state index in [-0.39, 0.29) is 0 Å². The van der Waals surface area contributed by atoms with Crippen molar-refractivity contribution in [2.45, 2.75) is 19.9 Å². The monoisotopic (exact) mass is 333 g/mol. The quantitative estimate of drug-likeness (QED) is 0.791. The van der Waals surface area contributed by atoms with Gasteiger partial charge in [-0.1, -0.05) is 25.1 Å². The lowest BCUT2D eigenvalue weighted by Gasteiger charge is -2.21. The number of aromatic nitrogens is 2. The van der Waals surface area contributed by atoms with Crippen LogP contribution in [-0.4, -0.2) is 23.1 Å². The fraction of sp³-hybridized carbons (Fsp3) is 0.333. The molecule has 4 nitrogen and oxygen atoms in total. The molecule has 1 aliphatic rings. The number of halogens is 1. The summed E-state index contributed by atoms with van der Waals surface area (Å²) in [5.74, 6) is 2.77. The standard InChI is InChI=1S/C15H16BrN3O/c1-2-14-17-13(16)9-15(18-14)19-7-8-20-12-6-4-3-5-11(12)10-19/h3-6,9H,2,7-8,10H2,1H3. The Morgan fingerprint density at radius 2 is 2.15 bits per heavy atom. The van der Waals surface area contributed by atoms with Crippen molar-refractivity contribution in [3.05, 3.63) is 46.3 Å². The third-order valence-corrected chi connectivity index (χ3v) is 3.73. The first kappa shape index (κ1) is 13.4. The average Bonchev–Trinajstić information content (AvgIpc) is 2.68. The molecule has 0 amide bonds. The van der Waals surface area contributed by atoms with Crippen LogP contribution in [0.4, 0.5) is 5.82 Å². The molecule has 2 aromatic rings. The third-order valence-electron chi connectivity index (χ3n) is 3.32. The molecule has 3 rings (SSSR count). The van der Waals surface area contributed by atoms with E-state index in [4.69, 9.17) is 4.74 Å². The first-order valence-corrected chi connectivity index (χ1v) is 7.54. The molecule has 0 aliphatic carbocycles. The molecule has 0 fully saturated rings. The molecule has 1 aliphatic heterocycles. The van der Waals surface area contributed by atoms with Crippen LogP contribution in [0, 0.1) is 0 Å². The summed E-state index contributed by atoms with van der Waals surface area (Å²) < 4.78 is 6.62. The SMILES string of the molecule is CCc1nc(Br)cc(N2CCOc3ccccc3C2)n1. The first-order chi connectivity index (χ1) is 9.76. The number of para-hydroxylation sites is 1. The second-order valence-corrected chi connectivity index (χ2v) is 5.51. The van der Waals surface area contributed by atoms with E-state index >= 15 is 0 Å². The maximum Gasteiger partial charge on any atom is 0.133 e. The molecule has 0 radical (unpaired) electrons. The first-order valence-electron chi connectivity index (χ1n) is 6.75. The van der Waals surface area contributed by atoms with Gasteiger partial charge in [-0.15, -0.1) is 0 Å². The molecule has 1 aromatic heterocycles. The highest BCUT2D eigenvalue weighted by Crippen LogP contribution is 2.26. The summed E-state index contributed by atoms with van der Waals surface area (Å²) in [4.78, 5) is 11.2. The highest BCUT2D eigenvalue weighted by molar-refractivity contribution is 9.10. The van der Waals surface area contributed by atoms with Crippen LogP contribution in [0.3, 0.4) is 0 Å². The molecule has 5 heteroatoms. The van der Waals surface area contributed by atoms with E-state index in [0.717, 1.165) is 41.5 Å². The summed E-state index contributed by atoms with van der Waals surface area (Å²) in [7, 11) is 0. The van der Waals surface area contributed by atoms with E-state index in [1.165, 1.54) is 5.56 Å². The van der Waals surface area contributed by atoms with Gasteiger partial charge in [-0.25, -0.2) is 9.97 Å². The van der Waals surface area contributed by atoms with Crippen LogP contribution < -0.4 is 9.64 Å². The van der Waals surface area contributed by atoms with Crippen LogP contribution >= 0.6 is 15.9 Å². The minimum Gasteiger partial charge on any atom is -0.491 e. The molecule has 104 valence electrons. The summed E-state index contributed by atoms with van der Waals surface area (Å²) >= 11 is 3.46. The van der Waals surface area contributed by atoms with Crippen molar-refractivity contribution in [3.8, 4) is 5.75 Å².